The molecular weight excluding hydrogens is 919 g/mol. The maximum absolute atomic E-state index is 13.0. The summed E-state index contributed by atoms with van der Waals surface area (Å²) >= 11 is 0.691. The van der Waals surface area contributed by atoms with Crippen LogP contribution < -0.4 is 10.1 Å². The Labute approximate surface area is 346 Å². The summed E-state index contributed by atoms with van der Waals surface area (Å²) in [6, 6.07) is 12.7. The lowest BCUT2D eigenvalue weighted by Crippen LogP contribution is -2.13. The van der Waals surface area contributed by atoms with Gasteiger partial charge in [-0.2, -0.15) is 13.5 Å². The summed E-state index contributed by atoms with van der Waals surface area (Å²) in [7, 11) is -11.3. The average Bonchev–Trinajstić information content (AvgIpc) is 3.20. The normalized spacial score (nSPS) is 12.6. The fraction of sp³-hybridized carbons (Fsp3) is 0.214. The van der Waals surface area contributed by atoms with Gasteiger partial charge in [0.2, 0.25) is 0 Å². The highest BCUT2D eigenvalue weighted by atomic mass is 32.2. The van der Waals surface area contributed by atoms with Crippen molar-refractivity contribution in [2.24, 2.45) is 20.5 Å². The number of nitrogens with one attached hydrogen (secondary N) is 1. The highest BCUT2D eigenvalue weighted by Gasteiger charge is 2.22. The Morgan fingerprint density at radius 3 is 1.93 bits per heavy atom. The standard InChI is InChI=1S/C28H29N5O20S6/c1-45-24-8-5-19(58(40,41)12-10-47-56-53-50-37)14-23(24)31-33-27-25(54-51-48-35)15-21-20(28(27)34)6-7-22(29-16-59(42,43)44)26(21)32-30-17-3-2-4-18(13-17)57(38,39)11-9-46-55-52-49-36/h2-8,13-15,29,34-37H,9-12,16H2,1H3,(H,42,43,44). The molecule has 25 nitrogen and oxygen atoms in total. The lowest BCUT2D eigenvalue weighted by atomic mass is 10.1. The third-order valence-corrected chi connectivity index (χ3v) is 12.3. The Balaban J connectivity index is 1.79. The maximum Gasteiger partial charge on any atom is 0.283 e. The minimum absolute atomic E-state index is 0.00714. The number of phenols is 1. The van der Waals surface area contributed by atoms with E-state index in [1.54, 1.807) is 0 Å². The summed E-state index contributed by atoms with van der Waals surface area (Å²) in [4.78, 5) is -0.553. The van der Waals surface area contributed by atoms with Crippen molar-refractivity contribution < 1.29 is 91.9 Å². The molecule has 0 saturated carbocycles. The minimum Gasteiger partial charge on any atom is -0.505 e. The minimum atomic E-state index is -4.60. The monoisotopic (exact) mass is 947 g/mol. The quantitative estimate of drug-likeness (QED) is 0.0101. The van der Waals surface area contributed by atoms with Crippen LogP contribution in [-0.2, 0) is 66.3 Å². The van der Waals surface area contributed by atoms with E-state index in [-0.39, 0.29) is 97.5 Å². The topological polar surface area (TPSA) is 348 Å². The third kappa shape index (κ3) is 14.1. The lowest BCUT2D eigenvalue weighted by molar-refractivity contribution is -0.434. The van der Waals surface area contributed by atoms with Gasteiger partial charge >= 0.3 is 0 Å². The maximum atomic E-state index is 13.0. The summed E-state index contributed by atoms with van der Waals surface area (Å²) in [6.45, 7) is -0.745. The van der Waals surface area contributed by atoms with Gasteiger partial charge in [-0.15, -0.1) is 28.3 Å². The molecule has 0 radical (unpaired) electrons. The van der Waals surface area contributed by atoms with Crippen molar-refractivity contribution in [1.29, 1.82) is 0 Å². The second-order valence-corrected chi connectivity index (χ2v) is 18.1. The number of anilines is 1. The molecule has 0 atom stereocenters. The molecule has 0 fully saturated rings. The molecule has 4 rings (SSSR count). The molecule has 4 aromatic rings. The number of aromatic hydroxyl groups is 1. The molecule has 0 amide bonds. The number of sulfone groups is 2. The first kappa shape index (κ1) is 47.8. The first-order valence-electron chi connectivity index (χ1n) is 15.4. The lowest BCUT2D eigenvalue weighted by Gasteiger charge is -2.14. The highest BCUT2D eigenvalue weighted by Crippen LogP contribution is 2.48. The van der Waals surface area contributed by atoms with Gasteiger partial charge in [0.1, 0.15) is 28.7 Å². The van der Waals surface area contributed by atoms with Crippen LogP contribution in [0.2, 0.25) is 0 Å². The van der Waals surface area contributed by atoms with E-state index < -0.39 is 52.9 Å². The Kier molecular flexibility index (Phi) is 18.4. The molecule has 4 aromatic carbocycles. The number of benzene rings is 4. The number of rotatable bonds is 25. The molecule has 6 N–H and O–H groups in total. The van der Waals surface area contributed by atoms with Gasteiger partial charge < -0.3 is 15.2 Å². The number of hydrogen-bond acceptors (Lipinski definition) is 27. The van der Waals surface area contributed by atoms with E-state index in [0.29, 0.717) is 12.0 Å². The van der Waals surface area contributed by atoms with Crippen molar-refractivity contribution in [3.63, 3.8) is 0 Å². The van der Waals surface area contributed by atoms with Crippen LogP contribution in [0.4, 0.5) is 28.4 Å². The van der Waals surface area contributed by atoms with Crippen LogP contribution in [-0.4, -0.2) is 88.4 Å². The molecule has 59 heavy (non-hydrogen) atoms. The smallest absolute Gasteiger partial charge is 0.283 e. The second kappa shape index (κ2) is 22.7. The molecule has 0 aromatic heterocycles. The fourth-order valence-corrected chi connectivity index (χ4v) is 8.28. The molecule has 0 unspecified atom stereocenters. The Hall–Kier alpha value is -3.84. The van der Waals surface area contributed by atoms with E-state index >= 15 is 0 Å². The summed E-state index contributed by atoms with van der Waals surface area (Å²) in [5, 5.41) is 66.2. The van der Waals surface area contributed by atoms with Crippen LogP contribution in [0.5, 0.6) is 11.5 Å². The molecule has 0 aliphatic heterocycles. The molecule has 322 valence electrons. The molecule has 0 bridgehead atoms. The van der Waals surface area contributed by atoms with Crippen LogP contribution in [0.1, 0.15) is 0 Å². The second-order valence-electron chi connectivity index (χ2n) is 10.7. The molecule has 31 heteroatoms. The number of nitrogens with zero attached hydrogens (tertiary/aromatic N) is 4. The summed E-state index contributed by atoms with van der Waals surface area (Å²) in [6.07, 6.45) is 0. The van der Waals surface area contributed by atoms with E-state index in [9.17, 15) is 34.9 Å². The van der Waals surface area contributed by atoms with Crippen LogP contribution in [0.25, 0.3) is 10.8 Å². The third-order valence-electron chi connectivity index (χ3n) is 7.10. The number of methoxy groups -OCH3 is 1. The van der Waals surface area contributed by atoms with Crippen molar-refractivity contribution in [1.82, 2.24) is 0 Å². The van der Waals surface area contributed by atoms with Crippen molar-refractivity contribution >= 4 is 106 Å². The Bertz CT molecular complexity index is 2460. The average molecular weight is 948 g/mol. The van der Waals surface area contributed by atoms with Crippen LogP contribution in [0, 0.1) is 0 Å². The summed E-state index contributed by atoms with van der Waals surface area (Å²) in [5.41, 5.74) is -0.692. The van der Waals surface area contributed by atoms with E-state index in [0.717, 1.165) is 6.07 Å². The molecular formula is C28H29N5O20S6. The van der Waals surface area contributed by atoms with Crippen LogP contribution >= 0.6 is 36.7 Å². The Morgan fingerprint density at radius 2 is 1.32 bits per heavy atom. The van der Waals surface area contributed by atoms with Gasteiger partial charge in [-0.05, 0) is 54.6 Å². The molecule has 0 saturated heterocycles. The zero-order valence-electron chi connectivity index (χ0n) is 29.4. The Morgan fingerprint density at radius 1 is 0.695 bits per heavy atom. The summed E-state index contributed by atoms with van der Waals surface area (Å²) < 4.78 is 112. The molecule has 0 aliphatic rings. The van der Waals surface area contributed by atoms with Gasteiger partial charge in [0.15, 0.2) is 50.1 Å². The van der Waals surface area contributed by atoms with Gasteiger partial charge in [-0.3, -0.25) is 12.9 Å². The SMILES string of the molecule is COc1ccc(S(=O)(=O)CCOSOOO)cc1N=Nc1c(SOOO)cc2c(N=Nc3cccc(S(=O)(=O)CCOSOOO)c3)c(NCS(=O)(=O)O)ccc2c1O. The molecule has 0 heterocycles. The number of hydrogen-bond donors (Lipinski definition) is 6. The van der Waals surface area contributed by atoms with E-state index in [4.69, 9.17) is 28.9 Å². The zero-order valence-corrected chi connectivity index (χ0v) is 34.3. The van der Waals surface area contributed by atoms with Gasteiger partial charge in [-0.25, -0.2) is 32.6 Å². The predicted molar refractivity (Wildman–Crippen MR) is 205 cm³/mol. The van der Waals surface area contributed by atoms with Crippen molar-refractivity contribution in [2.75, 3.05) is 43.0 Å². The number of phenolic OH excluding ortho intramolecular Hbond substituents is 1. The van der Waals surface area contributed by atoms with E-state index in [2.05, 4.69) is 53.9 Å². The largest absolute Gasteiger partial charge is 0.505 e. The number of ether oxygens (including phenoxy) is 1. The van der Waals surface area contributed by atoms with E-state index in [1.807, 2.05) is 0 Å². The van der Waals surface area contributed by atoms with E-state index in [1.165, 1.54) is 61.7 Å². The first-order chi connectivity index (χ1) is 28.1. The zero-order chi connectivity index (χ0) is 43.1. The number of fused-ring (bicyclic) bond motifs is 1. The summed E-state index contributed by atoms with van der Waals surface area (Å²) in [5.74, 6) is -2.61. The van der Waals surface area contributed by atoms with Crippen molar-refractivity contribution in [3.05, 3.63) is 60.7 Å². The van der Waals surface area contributed by atoms with Crippen LogP contribution in [0.15, 0.2) is 95.8 Å². The van der Waals surface area contributed by atoms with Gasteiger partial charge in [-0.1, -0.05) is 21.2 Å². The molecule has 0 aliphatic carbocycles. The first-order valence-corrected chi connectivity index (χ1v) is 22.4. The highest BCUT2D eigenvalue weighted by molar-refractivity contribution is 7.94. The van der Waals surface area contributed by atoms with Gasteiger partial charge in [0.25, 0.3) is 10.1 Å². The van der Waals surface area contributed by atoms with Gasteiger partial charge in [0, 0.05) is 10.8 Å². The van der Waals surface area contributed by atoms with Crippen LogP contribution in [0.3, 0.4) is 0 Å². The van der Waals surface area contributed by atoms with Crippen molar-refractivity contribution in [2.45, 2.75) is 14.7 Å². The number of azo groups is 2. The molecule has 0 spiro atoms. The van der Waals surface area contributed by atoms with Crippen molar-refractivity contribution in [3.8, 4) is 11.5 Å². The fourth-order valence-electron chi connectivity index (χ4n) is 4.58. The predicted octanol–water partition coefficient (Wildman–Crippen LogP) is 6.62. The van der Waals surface area contributed by atoms with Gasteiger partial charge in [0.05, 0.1) is 69.9 Å².